The van der Waals surface area contributed by atoms with E-state index in [9.17, 15) is 19.7 Å². The molecule has 1 aliphatic rings. The van der Waals surface area contributed by atoms with Gasteiger partial charge in [0.2, 0.25) is 0 Å². The van der Waals surface area contributed by atoms with Gasteiger partial charge in [-0.25, -0.2) is 0 Å². The number of nitro groups is 1. The lowest BCUT2D eigenvalue weighted by Crippen LogP contribution is -2.39. The van der Waals surface area contributed by atoms with Crippen LogP contribution in [0.3, 0.4) is 0 Å². The first-order valence-electron chi connectivity index (χ1n) is 7.84. The lowest BCUT2D eigenvalue weighted by atomic mass is 9.93. The minimum absolute atomic E-state index is 0.00244. The van der Waals surface area contributed by atoms with Crippen molar-refractivity contribution < 1.29 is 24.4 Å². The Hall–Kier alpha value is -2.64. The van der Waals surface area contributed by atoms with E-state index in [0.29, 0.717) is 38.3 Å². The van der Waals surface area contributed by atoms with Crippen LogP contribution in [0.5, 0.6) is 5.75 Å². The van der Waals surface area contributed by atoms with Crippen LogP contribution >= 0.6 is 0 Å². The molecule has 8 heteroatoms. The summed E-state index contributed by atoms with van der Waals surface area (Å²) in [6, 6.07) is 4.14. The number of piperidine rings is 1. The van der Waals surface area contributed by atoms with Crippen LogP contribution in [0.4, 0.5) is 5.69 Å². The molecule has 130 valence electrons. The highest BCUT2D eigenvalue weighted by Crippen LogP contribution is 2.28. The van der Waals surface area contributed by atoms with Gasteiger partial charge in [-0.2, -0.15) is 0 Å². The molecule has 8 nitrogen and oxygen atoms in total. The number of nitrogens with zero attached hydrogens (tertiary/aromatic N) is 2. The van der Waals surface area contributed by atoms with Gasteiger partial charge in [0.25, 0.3) is 11.6 Å². The third-order valence-corrected chi connectivity index (χ3v) is 4.07. The first kappa shape index (κ1) is 17.7. The number of carbonyl (C=O) groups is 2. The summed E-state index contributed by atoms with van der Waals surface area (Å²) in [4.78, 5) is 35.5. The van der Waals surface area contributed by atoms with Crippen LogP contribution in [-0.4, -0.2) is 46.5 Å². The van der Waals surface area contributed by atoms with E-state index in [1.807, 2.05) is 0 Å². The maximum atomic E-state index is 12.7. The third-order valence-electron chi connectivity index (χ3n) is 4.07. The predicted molar refractivity (Wildman–Crippen MR) is 85.1 cm³/mol. The molecule has 0 radical (unpaired) electrons. The molecule has 1 amide bonds. The fraction of sp³-hybridized carbons (Fsp3) is 0.500. The lowest BCUT2D eigenvalue weighted by Gasteiger charge is -2.31. The highest BCUT2D eigenvalue weighted by Gasteiger charge is 2.29. The van der Waals surface area contributed by atoms with E-state index in [2.05, 4.69) is 0 Å². The van der Waals surface area contributed by atoms with Crippen LogP contribution in [0.2, 0.25) is 0 Å². The Morgan fingerprint density at radius 2 is 2.04 bits per heavy atom. The van der Waals surface area contributed by atoms with Crippen molar-refractivity contribution in [3.63, 3.8) is 0 Å². The molecule has 1 aromatic rings. The predicted octanol–water partition coefficient (Wildman–Crippen LogP) is 2.32. The number of carboxylic acid groups (broad SMARTS) is 1. The van der Waals surface area contributed by atoms with Gasteiger partial charge in [0.1, 0.15) is 11.3 Å². The van der Waals surface area contributed by atoms with Crippen molar-refractivity contribution in [3.05, 3.63) is 33.9 Å². The van der Waals surface area contributed by atoms with Crippen molar-refractivity contribution in [1.82, 2.24) is 4.90 Å². The fourth-order valence-corrected chi connectivity index (χ4v) is 2.86. The fourth-order valence-electron chi connectivity index (χ4n) is 2.86. The largest absolute Gasteiger partial charge is 0.494 e. The zero-order valence-electron chi connectivity index (χ0n) is 13.4. The van der Waals surface area contributed by atoms with Gasteiger partial charge in [0.15, 0.2) is 0 Å². The zero-order chi connectivity index (χ0) is 17.7. The molecule has 1 aromatic carbocycles. The second-order valence-corrected chi connectivity index (χ2v) is 5.70. The van der Waals surface area contributed by atoms with Crippen molar-refractivity contribution in [3.8, 4) is 5.75 Å². The topological polar surface area (TPSA) is 110 Å². The summed E-state index contributed by atoms with van der Waals surface area (Å²) in [5, 5.41) is 20.0. The monoisotopic (exact) mass is 336 g/mol. The molecule has 0 unspecified atom stereocenters. The smallest absolute Gasteiger partial charge is 0.303 e. The number of aliphatic carboxylic acids is 1. The Labute approximate surface area is 139 Å². The summed E-state index contributed by atoms with van der Waals surface area (Å²) < 4.78 is 5.32. The van der Waals surface area contributed by atoms with Crippen LogP contribution in [0.1, 0.15) is 36.5 Å². The molecule has 0 bridgehead atoms. The number of carbonyl (C=O) groups excluding carboxylic acids is 1. The van der Waals surface area contributed by atoms with Crippen molar-refractivity contribution in [2.24, 2.45) is 5.92 Å². The van der Waals surface area contributed by atoms with E-state index in [1.165, 1.54) is 23.1 Å². The van der Waals surface area contributed by atoms with Gasteiger partial charge in [0, 0.05) is 25.6 Å². The average Bonchev–Trinajstić information content (AvgIpc) is 2.54. The number of rotatable bonds is 6. The lowest BCUT2D eigenvalue weighted by molar-refractivity contribution is -0.385. The van der Waals surface area contributed by atoms with Gasteiger partial charge in [-0.05, 0) is 37.8 Å². The summed E-state index contributed by atoms with van der Waals surface area (Å²) in [5.74, 6) is -0.819. The normalized spacial score (nSPS) is 15.1. The number of ether oxygens (including phenoxy) is 1. The van der Waals surface area contributed by atoms with Crippen LogP contribution in [0.25, 0.3) is 0 Å². The molecule has 1 aliphatic heterocycles. The number of benzene rings is 1. The molecule has 2 rings (SSSR count). The molecule has 0 spiro atoms. The molecule has 0 saturated carbocycles. The molecule has 0 aliphatic carbocycles. The van der Waals surface area contributed by atoms with Gasteiger partial charge in [-0.15, -0.1) is 0 Å². The number of hydrogen-bond acceptors (Lipinski definition) is 5. The SMILES string of the molecule is CCOc1ccc([N+](=O)[O-])c(C(=O)N2CCC(CC(=O)O)CC2)c1. The molecule has 0 aromatic heterocycles. The highest BCUT2D eigenvalue weighted by atomic mass is 16.6. The molecule has 1 fully saturated rings. The van der Waals surface area contributed by atoms with Crippen molar-refractivity contribution in [2.75, 3.05) is 19.7 Å². The van der Waals surface area contributed by atoms with E-state index >= 15 is 0 Å². The molecule has 1 heterocycles. The number of carboxylic acids is 1. The van der Waals surface area contributed by atoms with E-state index in [4.69, 9.17) is 9.84 Å². The third kappa shape index (κ3) is 4.21. The number of amides is 1. The number of likely N-dealkylation sites (tertiary alicyclic amines) is 1. The quantitative estimate of drug-likeness (QED) is 0.630. The zero-order valence-corrected chi connectivity index (χ0v) is 13.4. The maximum absolute atomic E-state index is 12.7. The van der Waals surface area contributed by atoms with E-state index in [1.54, 1.807) is 6.92 Å². The van der Waals surface area contributed by atoms with Gasteiger partial charge in [-0.3, -0.25) is 19.7 Å². The van der Waals surface area contributed by atoms with Crippen molar-refractivity contribution >= 4 is 17.6 Å². The van der Waals surface area contributed by atoms with Gasteiger partial charge in [0.05, 0.1) is 11.5 Å². The number of hydrogen-bond donors (Lipinski definition) is 1. The minimum atomic E-state index is -0.847. The summed E-state index contributed by atoms with van der Waals surface area (Å²) in [6.45, 7) is 2.97. The van der Waals surface area contributed by atoms with E-state index in [0.717, 1.165) is 0 Å². The Morgan fingerprint density at radius 3 is 2.58 bits per heavy atom. The molecule has 24 heavy (non-hydrogen) atoms. The molecule has 1 saturated heterocycles. The molecular formula is C16H20N2O6. The Kier molecular flexibility index (Phi) is 5.73. The van der Waals surface area contributed by atoms with Crippen LogP contribution in [0.15, 0.2) is 18.2 Å². The number of nitro benzene ring substituents is 1. The van der Waals surface area contributed by atoms with E-state index in [-0.39, 0.29) is 23.6 Å². The standard InChI is InChI=1S/C16H20N2O6/c1-2-24-12-3-4-14(18(22)23)13(10-12)16(21)17-7-5-11(6-8-17)9-15(19)20/h3-4,10-11H,2,5-9H2,1H3,(H,19,20). The van der Waals surface area contributed by atoms with E-state index < -0.39 is 16.8 Å². The summed E-state index contributed by atoms with van der Waals surface area (Å²) >= 11 is 0. The minimum Gasteiger partial charge on any atom is -0.494 e. The first-order chi connectivity index (χ1) is 11.4. The summed E-state index contributed by atoms with van der Waals surface area (Å²) in [5.41, 5.74) is -0.251. The average molecular weight is 336 g/mol. The molecule has 1 N–H and O–H groups in total. The van der Waals surface area contributed by atoms with Crippen LogP contribution < -0.4 is 4.74 Å². The first-order valence-corrected chi connectivity index (χ1v) is 7.84. The van der Waals surface area contributed by atoms with Crippen LogP contribution in [-0.2, 0) is 4.79 Å². The summed E-state index contributed by atoms with van der Waals surface area (Å²) in [6.07, 6.45) is 1.25. The Morgan fingerprint density at radius 1 is 1.38 bits per heavy atom. The van der Waals surface area contributed by atoms with Gasteiger partial charge >= 0.3 is 5.97 Å². The van der Waals surface area contributed by atoms with Crippen molar-refractivity contribution in [1.29, 1.82) is 0 Å². The highest BCUT2D eigenvalue weighted by molar-refractivity contribution is 5.98. The second kappa shape index (κ2) is 7.76. The van der Waals surface area contributed by atoms with Gasteiger partial charge in [-0.1, -0.05) is 0 Å². The van der Waals surface area contributed by atoms with Gasteiger partial charge < -0.3 is 14.7 Å². The van der Waals surface area contributed by atoms with Crippen LogP contribution in [0, 0.1) is 16.0 Å². The molecule has 0 atom stereocenters. The Balaban J connectivity index is 2.15. The maximum Gasteiger partial charge on any atom is 0.303 e. The Bertz CT molecular complexity index is 637. The second-order valence-electron chi connectivity index (χ2n) is 5.70. The van der Waals surface area contributed by atoms with Crippen molar-refractivity contribution in [2.45, 2.75) is 26.2 Å². The molecular weight excluding hydrogens is 316 g/mol. The summed E-state index contributed by atoms with van der Waals surface area (Å²) in [7, 11) is 0.